The van der Waals surface area contributed by atoms with Gasteiger partial charge in [0.1, 0.15) is 6.26 Å². The number of hydrogen-bond acceptors (Lipinski definition) is 5. The normalized spacial score (nSPS) is 10.8. The molecule has 1 amide bonds. The van der Waals surface area contributed by atoms with E-state index in [1.165, 1.54) is 12.5 Å². The number of fused-ring (bicyclic) bond motifs is 1. The number of rotatable bonds is 3. The number of carbonyl (C=O) groups excluding carboxylic acids is 1. The molecule has 3 heterocycles. The van der Waals surface area contributed by atoms with Gasteiger partial charge in [0.25, 0.3) is 5.91 Å². The van der Waals surface area contributed by atoms with Gasteiger partial charge in [-0.3, -0.25) is 4.79 Å². The maximum absolute atomic E-state index is 12.0. The summed E-state index contributed by atoms with van der Waals surface area (Å²) in [5.74, 6) is 0.216. The molecule has 0 aliphatic carbocycles. The van der Waals surface area contributed by atoms with Gasteiger partial charge < -0.3 is 14.2 Å². The molecular weight excluding hydrogens is 294 g/mol. The number of benzene rings is 1. The van der Waals surface area contributed by atoms with Crippen molar-refractivity contribution in [2.45, 2.75) is 0 Å². The lowest BCUT2D eigenvalue weighted by Gasteiger charge is -2.04. The van der Waals surface area contributed by atoms with E-state index in [-0.39, 0.29) is 5.91 Å². The zero-order chi connectivity index (χ0) is 15.6. The zero-order valence-corrected chi connectivity index (χ0v) is 11.9. The molecule has 23 heavy (non-hydrogen) atoms. The first-order chi connectivity index (χ1) is 11.3. The summed E-state index contributed by atoms with van der Waals surface area (Å²) in [6.07, 6.45) is 4.51. The number of aromatic nitrogens is 2. The number of anilines is 1. The number of nitrogens with zero attached hydrogens (tertiary/aromatic N) is 2. The van der Waals surface area contributed by atoms with Crippen LogP contribution in [0.15, 0.2) is 70.0 Å². The van der Waals surface area contributed by atoms with Crippen molar-refractivity contribution in [1.82, 2.24) is 9.97 Å². The fraction of sp³-hybridized carbons (Fsp3) is 0. The van der Waals surface area contributed by atoms with Crippen molar-refractivity contribution in [3.05, 3.63) is 66.8 Å². The van der Waals surface area contributed by atoms with Crippen molar-refractivity contribution < 1.29 is 13.6 Å². The summed E-state index contributed by atoms with van der Waals surface area (Å²) in [7, 11) is 0. The van der Waals surface area contributed by atoms with E-state index in [4.69, 9.17) is 8.83 Å². The van der Waals surface area contributed by atoms with Gasteiger partial charge in [-0.15, -0.1) is 0 Å². The van der Waals surface area contributed by atoms with Crippen LogP contribution in [0.25, 0.3) is 22.7 Å². The Morgan fingerprint density at radius 1 is 1.13 bits per heavy atom. The van der Waals surface area contributed by atoms with E-state index in [1.54, 1.807) is 30.5 Å². The van der Waals surface area contributed by atoms with E-state index in [0.717, 1.165) is 5.56 Å². The minimum absolute atomic E-state index is 0.241. The molecule has 6 heteroatoms. The lowest BCUT2D eigenvalue weighted by molar-refractivity contribution is 0.102. The Morgan fingerprint density at radius 2 is 2.09 bits per heavy atom. The molecule has 0 radical (unpaired) electrons. The molecular formula is C17H11N3O3. The zero-order valence-electron chi connectivity index (χ0n) is 11.9. The fourth-order valence-corrected chi connectivity index (χ4v) is 2.22. The fourth-order valence-electron chi connectivity index (χ4n) is 2.22. The molecule has 1 aromatic carbocycles. The average Bonchev–Trinajstić information content (AvgIpc) is 3.24. The summed E-state index contributed by atoms with van der Waals surface area (Å²) >= 11 is 0. The largest absolute Gasteiger partial charge is 0.472 e. The molecule has 1 N–H and O–H groups in total. The van der Waals surface area contributed by atoms with Gasteiger partial charge in [-0.05, 0) is 36.4 Å². The summed E-state index contributed by atoms with van der Waals surface area (Å²) < 4.78 is 10.6. The molecule has 0 fully saturated rings. The maximum atomic E-state index is 12.0. The first-order valence-electron chi connectivity index (χ1n) is 6.95. The first-order valence-corrected chi connectivity index (χ1v) is 6.95. The van der Waals surface area contributed by atoms with E-state index in [1.807, 2.05) is 18.2 Å². The molecule has 0 saturated heterocycles. The van der Waals surface area contributed by atoms with Crippen molar-refractivity contribution >= 4 is 22.8 Å². The highest BCUT2D eigenvalue weighted by molar-refractivity contribution is 6.04. The second kappa shape index (κ2) is 5.42. The molecule has 4 aromatic rings. The molecule has 0 unspecified atom stereocenters. The molecule has 0 aliphatic rings. The number of amides is 1. The van der Waals surface area contributed by atoms with Crippen LogP contribution >= 0.6 is 0 Å². The van der Waals surface area contributed by atoms with Gasteiger partial charge in [0, 0.05) is 17.4 Å². The molecule has 0 saturated carbocycles. The highest BCUT2D eigenvalue weighted by Gasteiger charge is 2.11. The van der Waals surface area contributed by atoms with E-state index in [2.05, 4.69) is 15.3 Å². The van der Waals surface area contributed by atoms with Crippen LogP contribution in [0.1, 0.15) is 10.4 Å². The van der Waals surface area contributed by atoms with Gasteiger partial charge in [0.2, 0.25) is 5.89 Å². The molecule has 0 bridgehead atoms. The monoisotopic (exact) mass is 305 g/mol. The molecule has 0 spiro atoms. The highest BCUT2D eigenvalue weighted by atomic mass is 16.3. The Hall–Kier alpha value is -3.41. The van der Waals surface area contributed by atoms with Crippen LogP contribution in [0, 0.1) is 0 Å². The van der Waals surface area contributed by atoms with Crippen molar-refractivity contribution in [2.24, 2.45) is 0 Å². The van der Waals surface area contributed by atoms with Crippen LogP contribution in [0.2, 0.25) is 0 Å². The van der Waals surface area contributed by atoms with E-state index in [9.17, 15) is 4.79 Å². The molecule has 0 atom stereocenters. The average molecular weight is 305 g/mol. The third-order valence-electron chi connectivity index (χ3n) is 3.32. The second-order valence-electron chi connectivity index (χ2n) is 4.89. The van der Waals surface area contributed by atoms with E-state index >= 15 is 0 Å². The number of oxazole rings is 1. The number of nitrogens with one attached hydrogen (secondary N) is 1. The number of pyridine rings is 1. The van der Waals surface area contributed by atoms with E-state index < -0.39 is 0 Å². The minimum Gasteiger partial charge on any atom is -0.472 e. The van der Waals surface area contributed by atoms with Crippen LogP contribution in [-0.4, -0.2) is 15.9 Å². The third-order valence-corrected chi connectivity index (χ3v) is 3.32. The van der Waals surface area contributed by atoms with Crippen LogP contribution in [-0.2, 0) is 0 Å². The predicted octanol–water partition coefficient (Wildman–Crippen LogP) is 3.74. The molecule has 112 valence electrons. The van der Waals surface area contributed by atoms with Gasteiger partial charge >= 0.3 is 0 Å². The lowest BCUT2D eigenvalue weighted by atomic mass is 10.2. The molecule has 3 aromatic heterocycles. The Bertz CT molecular complexity index is 941. The Labute approximate surface area is 130 Å². The number of furan rings is 1. The van der Waals surface area contributed by atoms with Gasteiger partial charge in [0.15, 0.2) is 11.2 Å². The topological polar surface area (TPSA) is 81.2 Å². The predicted molar refractivity (Wildman–Crippen MR) is 83.9 cm³/mol. The second-order valence-corrected chi connectivity index (χ2v) is 4.89. The van der Waals surface area contributed by atoms with Crippen LogP contribution in [0.5, 0.6) is 0 Å². The molecule has 0 aliphatic heterocycles. The van der Waals surface area contributed by atoms with Crippen molar-refractivity contribution in [3.8, 4) is 11.5 Å². The molecule has 6 nitrogen and oxygen atoms in total. The van der Waals surface area contributed by atoms with Crippen LogP contribution < -0.4 is 5.32 Å². The maximum Gasteiger partial charge on any atom is 0.258 e. The summed E-state index contributed by atoms with van der Waals surface area (Å²) in [4.78, 5) is 20.5. The Kier molecular flexibility index (Phi) is 3.12. The van der Waals surface area contributed by atoms with Gasteiger partial charge in [-0.2, -0.15) is 4.98 Å². The Balaban J connectivity index is 1.64. The lowest BCUT2D eigenvalue weighted by Crippen LogP contribution is -2.10. The van der Waals surface area contributed by atoms with Gasteiger partial charge in [-0.1, -0.05) is 6.07 Å². The van der Waals surface area contributed by atoms with Crippen LogP contribution in [0.4, 0.5) is 5.69 Å². The first kappa shape index (κ1) is 13.3. The summed E-state index contributed by atoms with van der Waals surface area (Å²) in [6, 6.07) is 12.5. The summed E-state index contributed by atoms with van der Waals surface area (Å²) in [5, 5.41) is 2.80. The summed E-state index contributed by atoms with van der Waals surface area (Å²) in [5.41, 5.74) is 3.03. The highest BCUT2D eigenvalue weighted by Crippen LogP contribution is 2.25. The Morgan fingerprint density at radius 3 is 2.91 bits per heavy atom. The van der Waals surface area contributed by atoms with E-state index in [0.29, 0.717) is 28.4 Å². The molecule has 4 rings (SSSR count). The summed E-state index contributed by atoms with van der Waals surface area (Å²) in [6.45, 7) is 0. The van der Waals surface area contributed by atoms with Crippen molar-refractivity contribution in [2.75, 3.05) is 5.32 Å². The van der Waals surface area contributed by atoms with Gasteiger partial charge in [-0.25, -0.2) is 4.98 Å². The van der Waals surface area contributed by atoms with Crippen LogP contribution in [0.3, 0.4) is 0 Å². The van der Waals surface area contributed by atoms with Crippen molar-refractivity contribution in [1.29, 1.82) is 0 Å². The standard InChI is InChI=1S/C17H11N3O3/c21-16(12-6-8-22-10-12)19-13-4-1-3-11(9-13)17-20-15-14(23-17)5-2-7-18-15/h1-10H,(H,19,21). The van der Waals surface area contributed by atoms with Crippen molar-refractivity contribution in [3.63, 3.8) is 0 Å². The third kappa shape index (κ3) is 2.57. The number of hydrogen-bond donors (Lipinski definition) is 1. The number of carbonyl (C=O) groups is 1. The quantitative estimate of drug-likeness (QED) is 0.623. The smallest absolute Gasteiger partial charge is 0.258 e. The minimum atomic E-state index is -0.241. The van der Waals surface area contributed by atoms with Gasteiger partial charge in [0.05, 0.1) is 11.8 Å². The SMILES string of the molecule is O=C(Nc1cccc(-c2nc3ncccc3o2)c1)c1ccoc1.